The summed E-state index contributed by atoms with van der Waals surface area (Å²) in [7, 11) is 0. The van der Waals surface area contributed by atoms with Gasteiger partial charge in [0.2, 0.25) is 0 Å². The van der Waals surface area contributed by atoms with Crippen molar-refractivity contribution in [2.24, 2.45) is 0 Å². The first kappa shape index (κ1) is 12.0. The minimum Gasteiger partial charge on any atom is -0.388 e. The second-order valence-electron chi connectivity index (χ2n) is 3.84. The van der Waals surface area contributed by atoms with Crippen LogP contribution in [0.3, 0.4) is 0 Å². The minimum atomic E-state index is -0.734. The molecule has 0 aliphatic carbocycles. The molecule has 2 N–H and O–H groups in total. The maximum absolute atomic E-state index is 11.4. The number of hydrogen-bond donors (Lipinski definition) is 2. The summed E-state index contributed by atoms with van der Waals surface area (Å²) in [6.45, 7) is 0. The fourth-order valence-corrected chi connectivity index (χ4v) is 1.62. The van der Waals surface area contributed by atoms with Gasteiger partial charge in [-0.3, -0.25) is 9.78 Å². The van der Waals surface area contributed by atoms with Crippen molar-refractivity contribution in [3.05, 3.63) is 63.8 Å². The van der Waals surface area contributed by atoms with Crippen molar-refractivity contribution >= 4 is 0 Å². The first-order valence-electron chi connectivity index (χ1n) is 5.41. The second kappa shape index (κ2) is 5.25. The van der Waals surface area contributed by atoms with Gasteiger partial charge in [-0.2, -0.15) is 5.26 Å². The molecule has 0 aromatic carbocycles. The molecule has 0 aliphatic heterocycles. The van der Waals surface area contributed by atoms with Gasteiger partial charge in [-0.15, -0.1) is 0 Å². The topological polar surface area (TPSA) is 89.8 Å². The number of H-pyrrole nitrogens is 1. The van der Waals surface area contributed by atoms with E-state index in [0.717, 1.165) is 0 Å². The maximum Gasteiger partial charge on any atom is 0.266 e. The number of pyridine rings is 2. The number of aliphatic hydroxyl groups excluding tert-OH is 1. The van der Waals surface area contributed by atoms with Crippen LogP contribution in [0.1, 0.15) is 22.9 Å². The first-order valence-corrected chi connectivity index (χ1v) is 5.41. The lowest BCUT2D eigenvalue weighted by Gasteiger charge is -2.10. The van der Waals surface area contributed by atoms with Gasteiger partial charge in [0.25, 0.3) is 5.56 Å². The van der Waals surface area contributed by atoms with E-state index in [0.29, 0.717) is 11.3 Å². The van der Waals surface area contributed by atoms with Crippen molar-refractivity contribution in [3.63, 3.8) is 0 Å². The Bertz CT molecular complexity index is 629. The minimum absolute atomic E-state index is 0.0645. The van der Waals surface area contributed by atoms with Crippen molar-refractivity contribution < 1.29 is 5.11 Å². The van der Waals surface area contributed by atoms with Gasteiger partial charge in [0.15, 0.2) is 0 Å². The van der Waals surface area contributed by atoms with Crippen LogP contribution in [0.4, 0.5) is 0 Å². The van der Waals surface area contributed by atoms with Gasteiger partial charge in [0, 0.05) is 24.5 Å². The molecular formula is C13H11N3O2. The number of aromatic nitrogens is 2. The molecule has 0 saturated heterocycles. The van der Waals surface area contributed by atoms with Crippen LogP contribution in [0.15, 0.2) is 41.5 Å². The van der Waals surface area contributed by atoms with Crippen LogP contribution in [0, 0.1) is 11.3 Å². The highest BCUT2D eigenvalue weighted by Gasteiger charge is 2.09. The average Bonchev–Trinajstić information content (AvgIpc) is 2.40. The number of aromatic amines is 1. The van der Waals surface area contributed by atoms with Gasteiger partial charge in [-0.1, -0.05) is 6.07 Å². The highest BCUT2D eigenvalue weighted by Crippen LogP contribution is 2.15. The normalized spacial score (nSPS) is 11.8. The predicted octanol–water partition coefficient (Wildman–Crippen LogP) is 0.918. The predicted molar refractivity (Wildman–Crippen MR) is 64.7 cm³/mol. The van der Waals surface area contributed by atoms with E-state index in [-0.39, 0.29) is 12.0 Å². The van der Waals surface area contributed by atoms with E-state index in [4.69, 9.17) is 5.26 Å². The third-order valence-electron chi connectivity index (χ3n) is 2.57. The fraction of sp³-hybridized carbons (Fsp3) is 0.154. The molecule has 0 fully saturated rings. The van der Waals surface area contributed by atoms with E-state index in [9.17, 15) is 9.90 Å². The van der Waals surface area contributed by atoms with Gasteiger partial charge in [-0.05, 0) is 23.8 Å². The molecule has 0 saturated carbocycles. The number of nitrogens with one attached hydrogen (secondary N) is 1. The summed E-state index contributed by atoms with van der Waals surface area (Å²) < 4.78 is 0. The van der Waals surface area contributed by atoms with E-state index in [1.807, 2.05) is 0 Å². The van der Waals surface area contributed by atoms with Crippen LogP contribution in [0.5, 0.6) is 0 Å². The molecule has 2 rings (SSSR count). The molecule has 0 aliphatic rings. The average molecular weight is 241 g/mol. The Morgan fingerprint density at radius 3 is 2.89 bits per heavy atom. The Hall–Kier alpha value is -2.45. The van der Waals surface area contributed by atoms with Crippen molar-refractivity contribution in [2.45, 2.75) is 12.5 Å². The molecule has 0 radical (unpaired) electrons. The molecule has 2 aromatic rings. The van der Waals surface area contributed by atoms with Crippen LogP contribution in [-0.4, -0.2) is 15.1 Å². The molecule has 0 spiro atoms. The summed E-state index contributed by atoms with van der Waals surface area (Å²) in [5.41, 5.74) is 0.890. The molecule has 0 bridgehead atoms. The summed E-state index contributed by atoms with van der Waals surface area (Å²) >= 11 is 0. The number of nitriles is 1. The summed E-state index contributed by atoms with van der Waals surface area (Å²) in [6, 6.07) is 8.36. The maximum atomic E-state index is 11.4. The molecule has 18 heavy (non-hydrogen) atoms. The zero-order chi connectivity index (χ0) is 13.0. The highest BCUT2D eigenvalue weighted by molar-refractivity contribution is 5.27. The Morgan fingerprint density at radius 1 is 1.44 bits per heavy atom. The standard InChI is InChI=1S/C13H11N3O2/c14-7-9-3-4-11(16-13(9)18)6-12(17)10-2-1-5-15-8-10/h1-5,8,12,17H,6H2,(H,16,18). The largest absolute Gasteiger partial charge is 0.388 e. The molecule has 2 heterocycles. The van der Waals surface area contributed by atoms with Crippen molar-refractivity contribution in [1.82, 2.24) is 9.97 Å². The quantitative estimate of drug-likeness (QED) is 0.836. The molecule has 1 unspecified atom stereocenters. The molecule has 5 heteroatoms. The van der Waals surface area contributed by atoms with E-state index < -0.39 is 11.7 Å². The molecule has 2 aromatic heterocycles. The number of hydrogen-bond acceptors (Lipinski definition) is 4. The molecule has 1 atom stereocenters. The van der Waals surface area contributed by atoms with Crippen molar-refractivity contribution in [2.75, 3.05) is 0 Å². The summed E-state index contributed by atoms with van der Waals surface area (Å²) in [4.78, 5) is 17.9. The first-order chi connectivity index (χ1) is 8.70. The fourth-order valence-electron chi connectivity index (χ4n) is 1.62. The lowest BCUT2D eigenvalue weighted by Crippen LogP contribution is -2.14. The van der Waals surface area contributed by atoms with Gasteiger partial charge in [-0.25, -0.2) is 0 Å². The van der Waals surface area contributed by atoms with E-state index in [2.05, 4.69) is 9.97 Å². The zero-order valence-corrected chi connectivity index (χ0v) is 9.50. The third-order valence-corrected chi connectivity index (χ3v) is 2.57. The summed E-state index contributed by atoms with van der Waals surface area (Å²) in [5.74, 6) is 0. The lowest BCUT2D eigenvalue weighted by atomic mass is 10.1. The summed E-state index contributed by atoms with van der Waals surface area (Å²) in [5, 5.41) is 18.6. The van der Waals surface area contributed by atoms with Crippen LogP contribution in [-0.2, 0) is 6.42 Å². The SMILES string of the molecule is N#Cc1ccc(CC(O)c2cccnc2)[nH]c1=O. The summed E-state index contributed by atoms with van der Waals surface area (Å²) in [6.07, 6.45) is 2.74. The van der Waals surface area contributed by atoms with Crippen LogP contribution in [0.25, 0.3) is 0 Å². The lowest BCUT2D eigenvalue weighted by molar-refractivity contribution is 0.176. The van der Waals surface area contributed by atoms with Crippen molar-refractivity contribution in [3.8, 4) is 6.07 Å². The smallest absolute Gasteiger partial charge is 0.266 e. The second-order valence-corrected chi connectivity index (χ2v) is 3.84. The number of nitrogens with zero attached hydrogens (tertiary/aromatic N) is 2. The Kier molecular flexibility index (Phi) is 3.51. The molecule has 0 amide bonds. The van der Waals surface area contributed by atoms with Gasteiger partial charge < -0.3 is 10.1 Å². The monoisotopic (exact) mass is 241 g/mol. The zero-order valence-electron chi connectivity index (χ0n) is 9.50. The van der Waals surface area contributed by atoms with Crippen LogP contribution < -0.4 is 5.56 Å². The van der Waals surface area contributed by atoms with Crippen LogP contribution in [0.2, 0.25) is 0 Å². The number of rotatable bonds is 3. The Labute approximate surface area is 103 Å². The third kappa shape index (κ3) is 2.62. The van der Waals surface area contributed by atoms with E-state index >= 15 is 0 Å². The number of aliphatic hydroxyl groups is 1. The van der Waals surface area contributed by atoms with Gasteiger partial charge in [0.05, 0.1) is 6.10 Å². The Morgan fingerprint density at radius 2 is 2.28 bits per heavy atom. The molecule has 5 nitrogen and oxygen atoms in total. The van der Waals surface area contributed by atoms with Crippen LogP contribution >= 0.6 is 0 Å². The van der Waals surface area contributed by atoms with Gasteiger partial charge >= 0.3 is 0 Å². The van der Waals surface area contributed by atoms with E-state index in [1.54, 1.807) is 36.7 Å². The molecular weight excluding hydrogens is 230 g/mol. The Balaban J connectivity index is 2.18. The van der Waals surface area contributed by atoms with Gasteiger partial charge in [0.1, 0.15) is 11.6 Å². The van der Waals surface area contributed by atoms with Crippen molar-refractivity contribution in [1.29, 1.82) is 5.26 Å². The highest BCUT2D eigenvalue weighted by atomic mass is 16.3. The van der Waals surface area contributed by atoms with E-state index in [1.165, 1.54) is 6.07 Å². The molecule has 90 valence electrons.